The van der Waals surface area contributed by atoms with Gasteiger partial charge in [-0.3, -0.25) is 0 Å². The summed E-state index contributed by atoms with van der Waals surface area (Å²) in [6.45, 7) is 6.60. The highest BCUT2D eigenvalue weighted by Gasteiger charge is 2.16. The average Bonchev–Trinajstić information content (AvgIpc) is 2.81. The van der Waals surface area contributed by atoms with E-state index >= 15 is 0 Å². The Kier molecular flexibility index (Phi) is 27.4. The molecule has 0 aliphatic rings. The molecule has 0 aromatic heterocycles. The highest BCUT2D eigenvalue weighted by molar-refractivity contribution is 7.40. The molecule has 0 bridgehead atoms. The molecule has 0 aromatic carbocycles. The Hall–Kier alpha value is -0.100. The number of Topliss-reactive ketones (excluding diaryl/α,β-unsaturated/α-hetero) is 1. The minimum Gasteiger partial charge on any atom is -0.381 e. The Balaban J connectivity index is 3.49. The van der Waals surface area contributed by atoms with Crippen molar-refractivity contribution < 1.29 is 28.8 Å². The van der Waals surface area contributed by atoms with Crippen LogP contribution in [0, 0.1) is 5.92 Å². The van der Waals surface area contributed by atoms with Gasteiger partial charge < -0.3 is 28.8 Å². The number of quaternary nitrogens is 1. The van der Waals surface area contributed by atoms with E-state index in [1.807, 2.05) is 12.4 Å². The maximum Gasteiger partial charge on any atom is 0.330 e. The van der Waals surface area contributed by atoms with Crippen molar-refractivity contribution in [3.05, 3.63) is 0 Å². The molecule has 7 heteroatoms. The van der Waals surface area contributed by atoms with E-state index in [0.717, 1.165) is 19.6 Å². The number of ether oxygens (including phenoxy) is 1. The van der Waals surface area contributed by atoms with Crippen LogP contribution in [-0.2, 0) is 18.6 Å². The zero-order valence-electron chi connectivity index (χ0n) is 22.7. The first-order chi connectivity index (χ1) is 16.6. The third kappa shape index (κ3) is 26.5. The van der Waals surface area contributed by atoms with Crippen molar-refractivity contribution in [1.29, 1.82) is 0 Å². The van der Waals surface area contributed by atoms with Crippen LogP contribution in [0.4, 0.5) is 0 Å². The van der Waals surface area contributed by atoms with Crippen molar-refractivity contribution in [2.24, 2.45) is 5.92 Å². The number of ketones is 1. The second-order valence-electron chi connectivity index (χ2n) is 9.71. The molecule has 204 valence electrons. The molecule has 34 heavy (non-hydrogen) atoms. The topological polar surface area (TPSA) is 81.6 Å². The van der Waals surface area contributed by atoms with Crippen molar-refractivity contribution in [2.45, 2.75) is 123 Å². The quantitative estimate of drug-likeness (QED) is 0.0960. The normalized spacial score (nSPS) is 13.3. The van der Waals surface area contributed by atoms with Gasteiger partial charge in [0.05, 0.1) is 26.8 Å². The van der Waals surface area contributed by atoms with Gasteiger partial charge in [0.25, 0.3) is 0 Å². The summed E-state index contributed by atoms with van der Waals surface area (Å²) in [5.41, 5.74) is 0. The van der Waals surface area contributed by atoms with Crippen molar-refractivity contribution in [3.63, 3.8) is 0 Å². The second-order valence-corrected chi connectivity index (χ2v) is 10.7. The van der Waals surface area contributed by atoms with Crippen LogP contribution in [0.25, 0.3) is 0 Å². The molecule has 0 radical (unpaired) electrons. The average molecular weight is 507 g/mol. The van der Waals surface area contributed by atoms with Gasteiger partial charge in [-0.1, -0.05) is 103 Å². The molecule has 3 N–H and O–H groups in total. The molecule has 0 aliphatic carbocycles. The van der Waals surface area contributed by atoms with E-state index in [1.165, 1.54) is 96.3 Å². The van der Waals surface area contributed by atoms with Crippen LogP contribution in [0.15, 0.2) is 0 Å². The van der Waals surface area contributed by atoms with Crippen LogP contribution in [0.5, 0.6) is 0 Å². The predicted octanol–water partition coefficient (Wildman–Crippen LogP) is 6.31. The number of hydrogen-bond acceptors (Lipinski definition) is 5. The van der Waals surface area contributed by atoms with Gasteiger partial charge in [-0.05, 0) is 13.3 Å². The monoisotopic (exact) mass is 506 g/mol. The molecule has 0 heterocycles. The van der Waals surface area contributed by atoms with E-state index in [4.69, 9.17) is 13.8 Å². The molecule has 0 fully saturated rings. The number of rotatable bonds is 28. The van der Waals surface area contributed by atoms with Crippen LogP contribution in [0.1, 0.15) is 123 Å². The van der Waals surface area contributed by atoms with E-state index < -0.39 is 8.60 Å². The highest BCUT2D eigenvalue weighted by atomic mass is 31.2. The summed E-state index contributed by atoms with van der Waals surface area (Å²) in [5, 5.41) is 1.98. The summed E-state index contributed by atoms with van der Waals surface area (Å²) < 4.78 is 16.4. The summed E-state index contributed by atoms with van der Waals surface area (Å²) in [5.74, 6) is 0.0837. The first-order valence-corrected chi connectivity index (χ1v) is 15.3. The smallest absolute Gasteiger partial charge is 0.330 e. The fourth-order valence-electron chi connectivity index (χ4n) is 4.03. The van der Waals surface area contributed by atoms with E-state index in [2.05, 4.69) is 6.92 Å². The maximum absolute atomic E-state index is 11.5. The van der Waals surface area contributed by atoms with E-state index in [-0.39, 0.29) is 18.3 Å². The van der Waals surface area contributed by atoms with Crippen LogP contribution < -0.4 is 5.32 Å². The van der Waals surface area contributed by atoms with Crippen LogP contribution >= 0.6 is 8.60 Å². The Morgan fingerprint density at radius 3 is 1.74 bits per heavy atom. The molecular formula is C27H57NO5P+. The highest BCUT2D eigenvalue weighted by Crippen LogP contribution is 2.33. The summed E-state index contributed by atoms with van der Waals surface area (Å²) in [6.07, 6.45) is 22.2. The number of carbonyl (C=O) groups excluding carboxylic acids is 1. The third-order valence-corrected chi connectivity index (χ3v) is 6.87. The summed E-state index contributed by atoms with van der Waals surface area (Å²) >= 11 is 0. The SMILES string of the molecule is CCCCCCCCCCCCCCCCCCOCC(COP(O)OCC[NH2+]C)CC(C)=O. The second kappa shape index (κ2) is 27.5. The van der Waals surface area contributed by atoms with Gasteiger partial charge in [0, 0.05) is 18.9 Å². The molecular weight excluding hydrogens is 449 g/mol. The van der Waals surface area contributed by atoms with Gasteiger partial charge in [-0.2, -0.15) is 0 Å². The predicted molar refractivity (Wildman–Crippen MR) is 143 cm³/mol. The van der Waals surface area contributed by atoms with Gasteiger partial charge in [0.15, 0.2) is 0 Å². The zero-order chi connectivity index (χ0) is 25.1. The summed E-state index contributed by atoms with van der Waals surface area (Å²) in [7, 11) is 0.0706. The lowest BCUT2D eigenvalue weighted by Gasteiger charge is -2.17. The van der Waals surface area contributed by atoms with Crippen molar-refractivity contribution in [3.8, 4) is 0 Å². The molecule has 0 rings (SSSR count). The Bertz CT molecular complexity index is 428. The number of nitrogens with two attached hydrogens (primary N) is 1. The number of carbonyl (C=O) groups is 1. The molecule has 2 unspecified atom stereocenters. The Morgan fingerprint density at radius 2 is 1.26 bits per heavy atom. The Morgan fingerprint density at radius 1 is 0.765 bits per heavy atom. The summed E-state index contributed by atoms with van der Waals surface area (Å²) in [6, 6.07) is 0. The molecule has 0 aliphatic heterocycles. The van der Waals surface area contributed by atoms with Crippen molar-refractivity contribution in [2.75, 3.05) is 40.0 Å². The molecule has 6 nitrogen and oxygen atoms in total. The van der Waals surface area contributed by atoms with Gasteiger partial charge >= 0.3 is 8.60 Å². The number of unbranched alkanes of at least 4 members (excludes halogenated alkanes) is 15. The van der Waals surface area contributed by atoms with E-state index in [1.54, 1.807) is 6.92 Å². The van der Waals surface area contributed by atoms with Gasteiger partial charge in [0.2, 0.25) is 0 Å². The zero-order valence-corrected chi connectivity index (χ0v) is 23.6. The maximum atomic E-state index is 11.5. The Labute approximate surface area is 212 Å². The lowest BCUT2D eigenvalue weighted by Crippen LogP contribution is -2.80. The molecule has 0 aromatic rings. The lowest BCUT2D eigenvalue weighted by molar-refractivity contribution is -0.627. The largest absolute Gasteiger partial charge is 0.381 e. The van der Waals surface area contributed by atoms with Crippen molar-refractivity contribution >= 4 is 14.4 Å². The first kappa shape index (κ1) is 33.9. The minimum absolute atomic E-state index is 0.0305. The third-order valence-electron chi connectivity index (χ3n) is 6.10. The molecule has 0 saturated heterocycles. The molecule has 2 atom stereocenters. The van der Waals surface area contributed by atoms with Crippen LogP contribution in [0.2, 0.25) is 0 Å². The van der Waals surface area contributed by atoms with Crippen LogP contribution in [-0.4, -0.2) is 50.7 Å². The first-order valence-electron chi connectivity index (χ1n) is 14.2. The number of likely N-dealkylation sites (N-methyl/N-ethyl adjacent to an activating group) is 1. The molecule has 0 spiro atoms. The number of hydrogen-bond donors (Lipinski definition) is 2. The van der Waals surface area contributed by atoms with Gasteiger partial charge in [-0.15, -0.1) is 0 Å². The molecule has 0 amide bonds. The standard InChI is InChI=1S/C27H56NO5P/c1-4-5-6-7-8-9-10-11-12-13-14-15-16-17-18-19-21-31-24-27(23-26(2)29)25-33-34(30)32-22-20-28-3/h27-28,30H,4-25H2,1-3H3/p+1. The minimum atomic E-state index is -1.88. The fourth-order valence-corrected chi connectivity index (χ4v) is 4.70. The summed E-state index contributed by atoms with van der Waals surface area (Å²) in [4.78, 5) is 21.3. The van der Waals surface area contributed by atoms with E-state index in [9.17, 15) is 9.69 Å². The van der Waals surface area contributed by atoms with E-state index in [0.29, 0.717) is 19.6 Å². The van der Waals surface area contributed by atoms with Crippen molar-refractivity contribution in [1.82, 2.24) is 0 Å². The van der Waals surface area contributed by atoms with Gasteiger partial charge in [0.1, 0.15) is 12.4 Å². The fraction of sp³-hybridized carbons (Fsp3) is 0.963. The van der Waals surface area contributed by atoms with Gasteiger partial charge in [-0.25, -0.2) is 0 Å². The van der Waals surface area contributed by atoms with Crippen LogP contribution in [0.3, 0.4) is 0 Å². The lowest BCUT2D eigenvalue weighted by atomic mass is 10.0. The molecule has 0 saturated carbocycles.